The van der Waals surface area contributed by atoms with Crippen LogP contribution in [0.4, 0.5) is 22.0 Å². The quantitative estimate of drug-likeness (QED) is 0.465. The van der Waals surface area contributed by atoms with Gasteiger partial charge in [0.25, 0.3) is 0 Å². The zero-order valence-corrected chi connectivity index (χ0v) is 17.7. The van der Waals surface area contributed by atoms with Gasteiger partial charge in [0.1, 0.15) is 5.75 Å². The molecule has 1 unspecified atom stereocenters. The summed E-state index contributed by atoms with van der Waals surface area (Å²) in [7, 11) is 0. The molecule has 2 heterocycles. The average Bonchev–Trinajstić information content (AvgIpc) is 3.13. The highest BCUT2D eigenvalue weighted by atomic mass is 19.4. The summed E-state index contributed by atoms with van der Waals surface area (Å²) >= 11 is 0. The third-order valence-corrected chi connectivity index (χ3v) is 4.13. The van der Waals surface area contributed by atoms with Gasteiger partial charge >= 0.3 is 12.3 Å². The Balaban J connectivity index is 0.00000166. The highest BCUT2D eigenvalue weighted by Gasteiger charge is 2.39. The molecular weight excluding hydrogens is 423 g/mol. The fourth-order valence-electron chi connectivity index (χ4n) is 2.65. The number of nitrogens with zero attached hydrogens (tertiary/aromatic N) is 4. The van der Waals surface area contributed by atoms with E-state index in [1.54, 1.807) is 6.92 Å². The predicted octanol–water partition coefficient (Wildman–Crippen LogP) is 5.54. The van der Waals surface area contributed by atoms with Crippen LogP contribution in [-0.4, -0.2) is 38.5 Å². The smallest absolute Gasteiger partial charge is 0.425 e. The van der Waals surface area contributed by atoms with Crippen LogP contribution in [0, 0.1) is 6.92 Å². The van der Waals surface area contributed by atoms with E-state index in [0.29, 0.717) is 16.8 Å². The molecule has 3 aromatic rings. The van der Waals surface area contributed by atoms with Gasteiger partial charge in [-0.05, 0) is 44.5 Å². The minimum atomic E-state index is -4.49. The second kappa shape index (κ2) is 9.54. The topological polar surface area (TPSA) is 61.5 Å². The molecule has 0 spiro atoms. The minimum Gasteiger partial charge on any atom is -0.481 e. The Hall–Kier alpha value is -2.82. The molecule has 0 aliphatic carbocycles. The van der Waals surface area contributed by atoms with Crippen LogP contribution in [0.5, 0.6) is 5.75 Å². The van der Waals surface area contributed by atoms with Crippen LogP contribution >= 0.6 is 0 Å². The van der Waals surface area contributed by atoms with Gasteiger partial charge in [0, 0.05) is 11.8 Å². The van der Waals surface area contributed by atoms with Crippen molar-refractivity contribution in [2.75, 3.05) is 6.61 Å². The summed E-state index contributed by atoms with van der Waals surface area (Å²) < 4.78 is 76.7. The maximum absolute atomic E-state index is 14.1. The van der Waals surface area contributed by atoms with Crippen molar-refractivity contribution in [3.8, 4) is 17.0 Å². The molecule has 3 rings (SSSR count). The van der Waals surface area contributed by atoms with Crippen molar-refractivity contribution in [1.82, 2.24) is 19.6 Å². The summed E-state index contributed by atoms with van der Waals surface area (Å²) in [6.07, 6.45) is -7.52. The normalized spacial score (nSPS) is 13.0. The van der Waals surface area contributed by atoms with Crippen molar-refractivity contribution in [1.29, 1.82) is 0 Å². The van der Waals surface area contributed by atoms with Gasteiger partial charge in [-0.2, -0.15) is 22.0 Å². The molecule has 0 fully saturated rings. The first kappa shape index (κ1) is 24.4. The van der Waals surface area contributed by atoms with Crippen molar-refractivity contribution in [2.24, 2.45) is 0 Å². The molecule has 0 bridgehead atoms. The fourth-order valence-corrected chi connectivity index (χ4v) is 2.65. The van der Waals surface area contributed by atoms with Gasteiger partial charge in [-0.15, -0.1) is 10.2 Å². The van der Waals surface area contributed by atoms with Crippen molar-refractivity contribution in [2.45, 2.75) is 53.0 Å². The Bertz CT molecular complexity index is 1020. The molecule has 0 saturated carbocycles. The van der Waals surface area contributed by atoms with Gasteiger partial charge in [-0.25, -0.2) is 0 Å². The van der Waals surface area contributed by atoms with Crippen LogP contribution in [0.15, 0.2) is 30.6 Å². The van der Waals surface area contributed by atoms with Crippen LogP contribution in [0.2, 0.25) is 0 Å². The standard InChI is InChI=1S/C18H17F5N4O2.C2H6/c1-4-28-18(22,23)16-26-25-15-8-24-14(9-27(15)16)13-6-5-12(7-10(13)2)29-11(3)17(19,20)21;1-2/h5-9,11H,4H2,1-3H3;1-2H3. The van der Waals surface area contributed by atoms with Crippen LogP contribution in [0.25, 0.3) is 16.9 Å². The largest absolute Gasteiger partial charge is 0.481 e. The van der Waals surface area contributed by atoms with Crippen molar-refractivity contribution >= 4 is 5.65 Å². The molecule has 6 nitrogen and oxygen atoms in total. The lowest BCUT2D eigenvalue weighted by Gasteiger charge is -2.18. The molecule has 170 valence electrons. The van der Waals surface area contributed by atoms with Gasteiger partial charge in [-0.1, -0.05) is 13.8 Å². The second-order valence-corrected chi connectivity index (χ2v) is 6.25. The summed E-state index contributed by atoms with van der Waals surface area (Å²) in [4.78, 5) is 4.18. The van der Waals surface area contributed by atoms with Gasteiger partial charge < -0.3 is 9.47 Å². The lowest BCUT2D eigenvalue weighted by molar-refractivity contribution is -0.251. The molecule has 0 N–H and O–H groups in total. The molecule has 1 atom stereocenters. The Morgan fingerprint density at radius 1 is 1.10 bits per heavy atom. The van der Waals surface area contributed by atoms with E-state index in [1.807, 2.05) is 13.8 Å². The lowest BCUT2D eigenvalue weighted by Crippen LogP contribution is -2.31. The lowest BCUT2D eigenvalue weighted by atomic mass is 10.1. The number of alkyl halides is 5. The first-order chi connectivity index (χ1) is 14.5. The van der Waals surface area contributed by atoms with E-state index in [2.05, 4.69) is 19.9 Å². The highest BCUT2D eigenvalue weighted by Crippen LogP contribution is 2.31. The number of aromatic nitrogens is 4. The first-order valence-corrected chi connectivity index (χ1v) is 9.60. The fraction of sp³-hybridized carbons (Fsp3) is 0.450. The number of rotatable bonds is 6. The maximum atomic E-state index is 14.1. The zero-order valence-electron chi connectivity index (χ0n) is 17.7. The summed E-state index contributed by atoms with van der Waals surface area (Å²) in [6, 6.07) is 4.29. The Morgan fingerprint density at radius 3 is 2.35 bits per heavy atom. The van der Waals surface area contributed by atoms with E-state index in [1.165, 1.54) is 37.5 Å². The highest BCUT2D eigenvalue weighted by molar-refractivity contribution is 5.65. The van der Waals surface area contributed by atoms with Gasteiger partial charge in [-0.3, -0.25) is 9.38 Å². The molecule has 0 saturated heterocycles. The monoisotopic (exact) mass is 446 g/mol. The van der Waals surface area contributed by atoms with E-state index < -0.39 is 24.2 Å². The Kier molecular flexibility index (Phi) is 7.53. The zero-order chi connectivity index (χ0) is 23.4. The first-order valence-electron chi connectivity index (χ1n) is 9.60. The maximum Gasteiger partial charge on any atom is 0.425 e. The summed E-state index contributed by atoms with van der Waals surface area (Å²) in [5.41, 5.74) is 1.48. The number of halogens is 5. The molecule has 0 radical (unpaired) electrons. The van der Waals surface area contributed by atoms with E-state index in [9.17, 15) is 22.0 Å². The van der Waals surface area contributed by atoms with Crippen LogP contribution < -0.4 is 4.74 Å². The Labute approximate surface area is 176 Å². The van der Waals surface area contributed by atoms with Gasteiger partial charge in [0.05, 0.1) is 18.5 Å². The van der Waals surface area contributed by atoms with E-state index in [-0.39, 0.29) is 18.0 Å². The molecule has 0 aliphatic rings. The van der Waals surface area contributed by atoms with Crippen molar-refractivity contribution in [3.63, 3.8) is 0 Å². The summed E-state index contributed by atoms with van der Waals surface area (Å²) in [6.45, 7) is 7.76. The summed E-state index contributed by atoms with van der Waals surface area (Å²) in [5.74, 6) is -0.667. The average molecular weight is 446 g/mol. The molecule has 1 aromatic carbocycles. The SMILES string of the molecule is CC.CCOC(F)(F)c1nnc2cnc(-c3ccc(OC(C)C(F)(F)F)cc3C)cn12. The predicted molar refractivity (Wildman–Crippen MR) is 104 cm³/mol. The molecule has 31 heavy (non-hydrogen) atoms. The molecular formula is C20H23F5N4O2. The van der Waals surface area contributed by atoms with Crippen LogP contribution in [-0.2, 0) is 10.8 Å². The number of hydrogen-bond donors (Lipinski definition) is 0. The van der Waals surface area contributed by atoms with Gasteiger partial charge in [0.2, 0.25) is 5.82 Å². The van der Waals surface area contributed by atoms with Crippen LogP contribution in [0.3, 0.4) is 0 Å². The third-order valence-electron chi connectivity index (χ3n) is 4.13. The van der Waals surface area contributed by atoms with E-state index in [0.717, 1.165) is 11.3 Å². The van der Waals surface area contributed by atoms with Gasteiger partial charge in [0.15, 0.2) is 11.8 Å². The van der Waals surface area contributed by atoms with E-state index in [4.69, 9.17) is 4.74 Å². The van der Waals surface area contributed by atoms with Crippen molar-refractivity contribution in [3.05, 3.63) is 42.0 Å². The number of hydrogen-bond acceptors (Lipinski definition) is 5. The Morgan fingerprint density at radius 2 is 1.77 bits per heavy atom. The molecule has 11 heteroatoms. The molecule has 0 amide bonds. The minimum absolute atomic E-state index is 0.0324. The third kappa shape index (κ3) is 5.46. The number of benzene rings is 1. The summed E-state index contributed by atoms with van der Waals surface area (Å²) in [5, 5.41) is 7.14. The molecule has 0 aliphatic heterocycles. The molecule has 2 aromatic heterocycles. The van der Waals surface area contributed by atoms with E-state index >= 15 is 0 Å². The number of aryl methyl sites for hydroxylation is 1. The second-order valence-electron chi connectivity index (χ2n) is 6.25. The number of fused-ring (bicyclic) bond motifs is 1. The van der Waals surface area contributed by atoms with Crippen LogP contribution in [0.1, 0.15) is 39.1 Å². The number of ether oxygens (including phenoxy) is 2. The van der Waals surface area contributed by atoms with Crippen molar-refractivity contribution < 1.29 is 31.4 Å².